The quantitative estimate of drug-likeness (QED) is 0.681. The number of furan rings is 1. The van der Waals surface area contributed by atoms with E-state index >= 15 is 0 Å². The van der Waals surface area contributed by atoms with Gasteiger partial charge in [0, 0.05) is 37.4 Å². The molecule has 6 nitrogen and oxygen atoms in total. The van der Waals surface area contributed by atoms with Crippen molar-refractivity contribution in [2.24, 2.45) is 0 Å². The van der Waals surface area contributed by atoms with Gasteiger partial charge in [-0.1, -0.05) is 17.7 Å². The van der Waals surface area contributed by atoms with Gasteiger partial charge in [-0.2, -0.15) is 0 Å². The molecule has 0 atom stereocenters. The maximum Gasteiger partial charge on any atom is 0.289 e. The van der Waals surface area contributed by atoms with E-state index in [0.717, 1.165) is 11.3 Å². The number of halogens is 1. The van der Waals surface area contributed by atoms with E-state index in [1.54, 1.807) is 29.2 Å². The summed E-state index contributed by atoms with van der Waals surface area (Å²) in [5.74, 6) is 0.201. The molecule has 0 aliphatic carbocycles. The van der Waals surface area contributed by atoms with Gasteiger partial charge in [0.2, 0.25) is 5.91 Å². The van der Waals surface area contributed by atoms with Crippen LogP contribution < -0.4 is 5.32 Å². The number of rotatable bonds is 5. The average Bonchev–Trinajstić information content (AvgIpc) is 3.26. The number of carbonyl (C=O) groups is 2. The predicted molar refractivity (Wildman–Crippen MR) is 116 cm³/mol. The van der Waals surface area contributed by atoms with Crippen molar-refractivity contribution in [2.45, 2.75) is 6.92 Å². The van der Waals surface area contributed by atoms with Crippen LogP contribution in [0.2, 0.25) is 0 Å². The van der Waals surface area contributed by atoms with Gasteiger partial charge in [-0.3, -0.25) is 14.5 Å². The fourth-order valence-electron chi connectivity index (χ4n) is 3.53. The summed E-state index contributed by atoms with van der Waals surface area (Å²) in [5.41, 5.74) is 2.63. The molecule has 2 aromatic carbocycles. The molecule has 3 aromatic rings. The van der Waals surface area contributed by atoms with E-state index in [-0.39, 0.29) is 29.9 Å². The molecule has 2 amide bonds. The largest absolute Gasteiger partial charge is 0.451 e. The van der Waals surface area contributed by atoms with Crippen molar-refractivity contribution in [1.29, 1.82) is 0 Å². The van der Waals surface area contributed by atoms with Gasteiger partial charge < -0.3 is 14.6 Å². The van der Waals surface area contributed by atoms with E-state index in [0.29, 0.717) is 37.5 Å². The zero-order valence-corrected chi connectivity index (χ0v) is 17.3. The second-order valence-corrected chi connectivity index (χ2v) is 7.65. The van der Waals surface area contributed by atoms with Gasteiger partial charge in [-0.05, 0) is 55.5 Å². The molecular weight excluding hydrogens is 397 g/mol. The lowest BCUT2D eigenvalue weighted by molar-refractivity contribution is -0.117. The summed E-state index contributed by atoms with van der Waals surface area (Å²) < 4.78 is 18.8. The Labute approximate surface area is 180 Å². The number of hydrogen-bond acceptors (Lipinski definition) is 4. The van der Waals surface area contributed by atoms with E-state index in [1.165, 1.54) is 12.1 Å². The molecule has 0 radical (unpaired) electrons. The molecule has 2 heterocycles. The number of amides is 2. The molecule has 0 unspecified atom stereocenters. The normalized spacial score (nSPS) is 14.5. The number of hydrogen-bond donors (Lipinski definition) is 1. The van der Waals surface area contributed by atoms with Gasteiger partial charge in [-0.25, -0.2) is 4.39 Å². The van der Waals surface area contributed by atoms with Gasteiger partial charge in [0.15, 0.2) is 5.76 Å². The molecule has 0 spiro atoms. The van der Waals surface area contributed by atoms with Crippen molar-refractivity contribution in [3.63, 3.8) is 0 Å². The van der Waals surface area contributed by atoms with Crippen LogP contribution in [-0.4, -0.2) is 54.3 Å². The summed E-state index contributed by atoms with van der Waals surface area (Å²) in [7, 11) is 0. The average molecular weight is 421 g/mol. The lowest BCUT2D eigenvalue weighted by atomic mass is 10.2. The number of nitrogens with zero attached hydrogens (tertiary/aromatic N) is 2. The molecule has 1 N–H and O–H groups in total. The minimum atomic E-state index is -0.322. The standard InChI is InChI=1S/C24H24FN3O3/c1-17-2-8-20(9-3-17)26-23(29)16-27-12-14-28(15-13-27)24(30)22-11-10-21(31-22)18-4-6-19(25)7-5-18/h2-11H,12-16H2,1H3,(H,26,29). The third kappa shape index (κ3) is 5.19. The molecule has 1 fully saturated rings. The Kier molecular flexibility index (Phi) is 6.13. The summed E-state index contributed by atoms with van der Waals surface area (Å²) in [5, 5.41) is 2.90. The van der Waals surface area contributed by atoms with Crippen LogP contribution in [0.3, 0.4) is 0 Å². The molecule has 1 saturated heterocycles. The Balaban J connectivity index is 1.28. The Hall–Kier alpha value is -3.45. The SMILES string of the molecule is Cc1ccc(NC(=O)CN2CCN(C(=O)c3ccc(-c4ccc(F)cc4)o3)CC2)cc1. The van der Waals surface area contributed by atoms with Crippen molar-refractivity contribution in [1.82, 2.24) is 9.80 Å². The number of carbonyl (C=O) groups excluding carboxylic acids is 2. The van der Waals surface area contributed by atoms with Crippen LogP contribution in [0.1, 0.15) is 16.1 Å². The van der Waals surface area contributed by atoms with E-state index in [4.69, 9.17) is 4.42 Å². The Morgan fingerprint density at radius 2 is 1.61 bits per heavy atom. The van der Waals surface area contributed by atoms with E-state index < -0.39 is 0 Å². The van der Waals surface area contributed by atoms with Gasteiger partial charge >= 0.3 is 0 Å². The van der Waals surface area contributed by atoms with E-state index in [9.17, 15) is 14.0 Å². The summed E-state index contributed by atoms with van der Waals surface area (Å²) in [6.07, 6.45) is 0. The summed E-state index contributed by atoms with van der Waals surface area (Å²) in [4.78, 5) is 28.8. The highest BCUT2D eigenvalue weighted by Crippen LogP contribution is 2.23. The maximum atomic E-state index is 13.1. The number of nitrogens with one attached hydrogen (secondary N) is 1. The molecular formula is C24H24FN3O3. The van der Waals surface area contributed by atoms with Crippen LogP contribution in [0.25, 0.3) is 11.3 Å². The Morgan fingerprint density at radius 3 is 2.29 bits per heavy atom. The lowest BCUT2D eigenvalue weighted by Crippen LogP contribution is -2.50. The van der Waals surface area contributed by atoms with E-state index in [2.05, 4.69) is 5.32 Å². The monoisotopic (exact) mass is 421 g/mol. The third-order valence-electron chi connectivity index (χ3n) is 5.31. The smallest absolute Gasteiger partial charge is 0.289 e. The first-order valence-corrected chi connectivity index (χ1v) is 10.2. The van der Waals surface area contributed by atoms with Crippen molar-refractivity contribution in [2.75, 3.05) is 38.0 Å². The molecule has 4 rings (SSSR count). The topological polar surface area (TPSA) is 65.8 Å². The van der Waals surface area contributed by atoms with Crippen molar-refractivity contribution < 1.29 is 18.4 Å². The maximum absolute atomic E-state index is 13.1. The van der Waals surface area contributed by atoms with Crippen molar-refractivity contribution in [3.8, 4) is 11.3 Å². The lowest BCUT2D eigenvalue weighted by Gasteiger charge is -2.33. The van der Waals surface area contributed by atoms with Crippen molar-refractivity contribution in [3.05, 3.63) is 77.8 Å². The van der Waals surface area contributed by atoms with Gasteiger partial charge in [0.05, 0.1) is 6.54 Å². The first kappa shape index (κ1) is 20.8. The Morgan fingerprint density at radius 1 is 0.935 bits per heavy atom. The minimum absolute atomic E-state index is 0.0707. The number of aryl methyl sites for hydroxylation is 1. The highest BCUT2D eigenvalue weighted by atomic mass is 19.1. The number of anilines is 1. The van der Waals surface area contributed by atoms with Crippen molar-refractivity contribution >= 4 is 17.5 Å². The molecule has 0 bridgehead atoms. The molecule has 1 aromatic heterocycles. The zero-order valence-electron chi connectivity index (χ0n) is 17.3. The Bertz CT molecular complexity index is 1050. The first-order valence-electron chi connectivity index (χ1n) is 10.2. The van der Waals surface area contributed by atoms with Crippen LogP contribution in [0.15, 0.2) is 65.1 Å². The molecule has 160 valence electrons. The second-order valence-electron chi connectivity index (χ2n) is 7.65. The highest BCUT2D eigenvalue weighted by molar-refractivity contribution is 5.93. The second kappa shape index (κ2) is 9.14. The fourth-order valence-corrected chi connectivity index (χ4v) is 3.53. The highest BCUT2D eigenvalue weighted by Gasteiger charge is 2.25. The zero-order chi connectivity index (χ0) is 21.8. The molecule has 7 heteroatoms. The summed E-state index contributed by atoms with van der Waals surface area (Å²) in [6, 6.07) is 17.0. The van der Waals surface area contributed by atoms with Crippen LogP contribution in [0, 0.1) is 12.7 Å². The predicted octanol–water partition coefficient (Wildman–Crippen LogP) is 3.79. The van der Waals surface area contributed by atoms with Gasteiger partial charge in [-0.15, -0.1) is 0 Å². The van der Waals surface area contributed by atoms with Gasteiger partial charge in [0.1, 0.15) is 11.6 Å². The number of piperazine rings is 1. The van der Waals surface area contributed by atoms with Crippen LogP contribution >= 0.6 is 0 Å². The molecule has 1 aliphatic heterocycles. The van der Waals surface area contributed by atoms with Crippen LogP contribution in [0.5, 0.6) is 0 Å². The number of benzene rings is 2. The van der Waals surface area contributed by atoms with Crippen LogP contribution in [-0.2, 0) is 4.79 Å². The van der Waals surface area contributed by atoms with Gasteiger partial charge in [0.25, 0.3) is 5.91 Å². The molecule has 31 heavy (non-hydrogen) atoms. The molecule has 0 saturated carbocycles. The fraction of sp³-hybridized carbons (Fsp3) is 0.250. The minimum Gasteiger partial charge on any atom is -0.451 e. The van der Waals surface area contributed by atoms with Crippen LogP contribution in [0.4, 0.5) is 10.1 Å². The third-order valence-corrected chi connectivity index (χ3v) is 5.31. The van der Waals surface area contributed by atoms with E-state index in [1.807, 2.05) is 36.1 Å². The molecule has 1 aliphatic rings. The summed E-state index contributed by atoms with van der Waals surface area (Å²) >= 11 is 0. The summed E-state index contributed by atoms with van der Waals surface area (Å²) in [6.45, 7) is 4.54. The first-order chi connectivity index (χ1) is 15.0.